The van der Waals surface area contributed by atoms with E-state index in [1.807, 2.05) is 13.8 Å². The minimum Gasteiger partial charge on any atom is -0.495 e. The molecule has 0 unspecified atom stereocenters. The number of aromatic nitrogens is 2. The highest BCUT2D eigenvalue weighted by Gasteiger charge is 2.39. The van der Waals surface area contributed by atoms with Crippen molar-refractivity contribution in [2.24, 2.45) is 13.0 Å². The smallest absolute Gasteiger partial charge is 0.417 e. The lowest BCUT2D eigenvalue weighted by Crippen LogP contribution is -2.40. The number of alkyl halides is 3. The molecule has 1 saturated heterocycles. The first-order valence-electron chi connectivity index (χ1n) is 12.1. The van der Waals surface area contributed by atoms with Gasteiger partial charge in [0.1, 0.15) is 11.4 Å². The highest BCUT2D eigenvalue weighted by atomic mass is 35.5. The van der Waals surface area contributed by atoms with E-state index in [1.54, 1.807) is 22.7 Å². The number of likely N-dealkylation sites (tertiary alicyclic amines) is 1. The maximum atomic E-state index is 14.6. The average Bonchev–Trinajstić information content (AvgIpc) is 3.18. The van der Waals surface area contributed by atoms with Crippen molar-refractivity contribution in [1.82, 2.24) is 14.5 Å². The molecular weight excluding hydrogens is 507 g/mol. The standard InChI is InChI=1S/C27H29ClF3N3O3/c1-15(2)26(36)34-9-7-16(8-10-34)19-14-33(3)25-23(19)24(27(29,30)31)18(13-32-25)12-21(35)17-5-6-22(37-4)20(28)11-17/h5-6,11,13-16H,7-10,12H2,1-4H3. The van der Waals surface area contributed by atoms with Gasteiger partial charge >= 0.3 is 6.18 Å². The molecule has 1 fully saturated rings. The number of carbonyl (C=O) groups is 2. The molecule has 1 amide bonds. The van der Waals surface area contributed by atoms with Crippen molar-refractivity contribution in [1.29, 1.82) is 0 Å². The number of nitrogens with zero attached hydrogens (tertiary/aromatic N) is 3. The molecule has 198 valence electrons. The van der Waals surface area contributed by atoms with E-state index in [-0.39, 0.29) is 44.9 Å². The fourth-order valence-corrected chi connectivity index (χ4v) is 5.33. The number of pyridine rings is 1. The molecule has 1 aliphatic rings. The summed E-state index contributed by atoms with van der Waals surface area (Å²) in [6.07, 6.45) is -1.21. The van der Waals surface area contributed by atoms with E-state index in [1.165, 1.54) is 25.3 Å². The van der Waals surface area contributed by atoms with Crippen LogP contribution >= 0.6 is 11.6 Å². The van der Waals surface area contributed by atoms with Crippen molar-refractivity contribution >= 4 is 34.3 Å². The van der Waals surface area contributed by atoms with Crippen molar-refractivity contribution in [3.8, 4) is 5.75 Å². The number of piperidine rings is 1. The molecule has 3 heterocycles. The molecular formula is C27H29ClF3N3O3. The van der Waals surface area contributed by atoms with E-state index in [0.29, 0.717) is 37.2 Å². The summed E-state index contributed by atoms with van der Waals surface area (Å²) in [5.74, 6) is -0.375. The van der Waals surface area contributed by atoms with Crippen LogP contribution in [0.3, 0.4) is 0 Å². The third-order valence-corrected chi connectivity index (χ3v) is 7.24. The van der Waals surface area contributed by atoms with Crippen molar-refractivity contribution in [3.63, 3.8) is 0 Å². The van der Waals surface area contributed by atoms with Gasteiger partial charge in [0.2, 0.25) is 5.91 Å². The van der Waals surface area contributed by atoms with Crippen LogP contribution in [0.4, 0.5) is 13.2 Å². The average molecular weight is 536 g/mol. The number of rotatable bonds is 6. The van der Waals surface area contributed by atoms with E-state index in [4.69, 9.17) is 16.3 Å². The minimum atomic E-state index is -4.70. The molecule has 37 heavy (non-hydrogen) atoms. The number of fused-ring (bicyclic) bond motifs is 1. The Kier molecular flexibility index (Phi) is 7.55. The van der Waals surface area contributed by atoms with Crippen molar-refractivity contribution in [3.05, 3.63) is 57.9 Å². The minimum absolute atomic E-state index is 0.0294. The summed E-state index contributed by atoms with van der Waals surface area (Å²) in [7, 11) is 3.10. The summed E-state index contributed by atoms with van der Waals surface area (Å²) >= 11 is 6.12. The van der Waals surface area contributed by atoms with Crippen LogP contribution in [0.2, 0.25) is 5.02 Å². The van der Waals surface area contributed by atoms with Gasteiger partial charge < -0.3 is 14.2 Å². The zero-order chi connectivity index (χ0) is 27.1. The number of ketones is 1. The second-order valence-corrected chi connectivity index (χ2v) is 10.2. The monoisotopic (exact) mass is 535 g/mol. The number of amides is 1. The van der Waals surface area contributed by atoms with Gasteiger partial charge in [0, 0.05) is 55.8 Å². The molecule has 0 atom stereocenters. The van der Waals surface area contributed by atoms with Crippen LogP contribution in [0.1, 0.15) is 59.7 Å². The van der Waals surface area contributed by atoms with Gasteiger partial charge in [0.05, 0.1) is 17.7 Å². The SMILES string of the molecule is COc1ccc(C(=O)Cc2cnc3c(c(C4CCN(C(=O)C(C)C)CC4)cn3C)c2C(F)(F)F)cc1Cl. The Hall–Kier alpha value is -3.07. The Bertz CT molecular complexity index is 1340. The largest absolute Gasteiger partial charge is 0.495 e. The number of ether oxygens (including phenoxy) is 1. The number of carbonyl (C=O) groups excluding carboxylic acids is 2. The predicted molar refractivity (Wildman–Crippen MR) is 135 cm³/mol. The molecule has 6 nitrogen and oxygen atoms in total. The molecule has 0 N–H and O–H groups in total. The second-order valence-electron chi connectivity index (χ2n) is 9.75. The number of hydrogen-bond donors (Lipinski definition) is 0. The molecule has 0 radical (unpaired) electrons. The van der Waals surface area contributed by atoms with Crippen LogP contribution in [0.15, 0.2) is 30.6 Å². The van der Waals surface area contributed by atoms with E-state index in [2.05, 4.69) is 4.98 Å². The van der Waals surface area contributed by atoms with Gasteiger partial charge in [-0.2, -0.15) is 13.2 Å². The number of aryl methyl sites for hydroxylation is 1. The predicted octanol–water partition coefficient (Wildman–Crippen LogP) is 6.04. The molecule has 0 bridgehead atoms. The number of Topliss-reactive ketones (excluding diaryl/α,β-unsaturated/α-hetero) is 1. The first kappa shape index (κ1) is 27.0. The van der Waals surface area contributed by atoms with Crippen LogP contribution in [0.25, 0.3) is 11.0 Å². The normalized spacial score (nSPS) is 15.0. The third kappa shape index (κ3) is 5.32. The van der Waals surface area contributed by atoms with Crippen molar-refractivity contribution in [2.75, 3.05) is 20.2 Å². The Morgan fingerprint density at radius 2 is 1.89 bits per heavy atom. The zero-order valence-corrected chi connectivity index (χ0v) is 21.9. The van der Waals surface area contributed by atoms with E-state index in [0.717, 1.165) is 6.20 Å². The molecule has 1 aliphatic heterocycles. The van der Waals surface area contributed by atoms with Crippen LogP contribution in [-0.2, 0) is 24.4 Å². The summed E-state index contributed by atoms with van der Waals surface area (Å²) in [4.78, 5) is 31.5. The number of benzene rings is 1. The van der Waals surface area contributed by atoms with Gasteiger partial charge in [0.15, 0.2) is 5.78 Å². The second kappa shape index (κ2) is 10.4. The van der Waals surface area contributed by atoms with E-state index < -0.39 is 23.9 Å². The van der Waals surface area contributed by atoms with E-state index in [9.17, 15) is 22.8 Å². The Balaban J connectivity index is 1.72. The summed E-state index contributed by atoms with van der Waals surface area (Å²) in [5.41, 5.74) is -0.0597. The van der Waals surface area contributed by atoms with Gasteiger partial charge in [-0.1, -0.05) is 25.4 Å². The molecule has 0 spiro atoms. The van der Waals surface area contributed by atoms with Crippen LogP contribution in [-0.4, -0.2) is 46.3 Å². The molecule has 1 aromatic carbocycles. The maximum absolute atomic E-state index is 14.6. The van der Waals surface area contributed by atoms with Gasteiger partial charge in [-0.3, -0.25) is 9.59 Å². The highest BCUT2D eigenvalue weighted by molar-refractivity contribution is 6.32. The summed E-state index contributed by atoms with van der Waals surface area (Å²) in [6.45, 7) is 4.65. The highest BCUT2D eigenvalue weighted by Crippen LogP contribution is 2.43. The quantitative estimate of drug-likeness (QED) is 0.361. The van der Waals surface area contributed by atoms with E-state index >= 15 is 0 Å². The molecule has 0 aliphatic carbocycles. The lowest BCUT2D eigenvalue weighted by Gasteiger charge is -2.33. The van der Waals surface area contributed by atoms with Gasteiger partial charge in [-0.15, -0.1) is 0 Å². The Labute approximate surface area is 218 Å². The summed E-state index contributed by atoms with van der Waals surface area (Å²) in [6, 6.07) is 4.38. The fourth-order valence-electron chi connectivity index (χ4n) is 5.07. The topological polar surface area (TPSA) is 64.4 Å². The van der Waals surface area contributed by atoms with Crippen LogP contribution < -0.4 is 4.74 Å². The van der Waals surface area contributed by atoms with Crippen LogP contribution in [0, 0.1) is 5.92 Å². The van der Waals surface area contributed by atoms with Crippen molar-refractivity contribution in [2.45, 2.75) is 45.2 Å². The zero-order valence-electron chi connectivity index (χ0n) is 21.2. The number of methoxy groups -OCH3 is 1. The first-order chi connectivity index (χ1) is 17.4. The van der Waals surface area contributed by atoms with Gasteiger partial charge in [-0.25, -0.2) is 4.98 Å². The molecule has 4 rings (SSSR count). The maximum Gasteiger partial charge on any atom is 0.417 e. The fraction of sp³-hybridized carbons (Fsp3) is 0.444. The number of hydrogen-bond acceptors (Lipinski definition) is 4. The number of halogens is 4. The Morgan fingerprint density at radius 1 is 1.22 bits per heavy atom. The van der Waals surface area contributed by atoms with Gasteiger partial charge in [0.25, 0.3) is 0 Å². The molecule has 3 aromatic rings. The first-order valence-corrected chi connectivity index (χ1v) is 12.5. The lowest BCUT2D eigenvalue weighted by atomic mass is 9.87. The third-order valence-electron chi connectivity index (χ3n) is 6.94. The molecule has 10 heteroatoms. The summed E-state index contributed by atoms with van der Waals surface area (Å²) in [5, 5.41) is 0.229. The Morgan fingerprint density at radius 3 is 2.46 bits per heavy atom. The van der Waals surface area contributed by atoms with Crippen molar-refractivity contribution < 1.29 is 27.5 Å². The summed E-state index contributed by atoms with van der Waals surface area (Å²) < 4.78 is 50.4. The van der Waals surface area contributed by atoms with Crippen LogP contribution in [0.5, 0.6) is 5.75 Å². The molecule has 0 saturated carbocycles. The lowest BCUT2D eigenvalue weighted by molar-refractivity contribution is -0.137. The molecule has 2 aromatic heterocycles. The van der Waals surface area contributed by atoms with Gasteiger partial charge in [-0.05, 0) is 48.1 Å².